The molecule has 0 saturated heterocycles. The second-order valence-electron chi connectivity index (χ2n) is 3.02. The number of carboxylic acids is 1. The number of carboxylic acid groups (broad SMARTS) is 1. The molecule has 8 heteroatoms. The number of alkyl carbamates (subject to hydrolysis) is 1. The molecule has 0 aliphatic rings. The number of hydrogen-bond donors (Lipinski definition) is 2. The third-order valence-corrected chi connectivity index (χ3v) is 1.74. The Morgan fingerprint density at radius 1 is 1.65 bits per heavy atom. The highest BCUT2D eigenvalue weighted by atomic mass is 16.5. The Bertz CT molecular complexity index is 325. The molecule has 17 heavy (non-hydrogen) atoms. The van der Waals surface area contributed by atoms with Crippen molar-refractivity contribution < 1.29 is 19.4 Å². The topological polar surface area (TPSA) is 124 Å². The summed E-state index contributed by atoms with van der Waals surface area (Å²) in [4.78, 5) is 24.4. The first-order valence-electron chi connectivity index (χ1n) is 4.89. The Kier molecular flexibility index (Phi) is 7.87. The smallest absolute Gasteiger partial charge is 0.408 e. The lowest BCUT2D eigenvalue weighted by atomic mass is 10.1. The molecule has 8 nitrogen and oxygen atoms in total. The maximum Gasteiger partial charge on any atom is 0.408 e. The first kappa shape index (κ1) is 14.8. The number of carbonyl (C=O) groups excluding carboxylic acids is 1. The summed E-state index contributed by atoms with van der Waals surface area (Å²) in [5, 5.41) is 14.3. The van der Waals surface area contributed by atoms with Gasteiger partial charge in [-0.05, 0) is 18.4 Å². The molecule has 0 aliphatic heterocycles. The van der Waals surface area contributed by atoms with E-state index in [0.717, 1.165) is 0 Å². The van der Waals surface area contributed by atoms with Crippen molar-refractivity contribution in [3.8, 4) is 0 Å². The molecule has 1 atom stereocenters. The van der Waals surface area contributed by atoms with E-state index in [2.05, 4.69) is 26.7 Å². The van der Waals surface area contributed by atoms with Crippen LogP contribution in [-0.4, -0.2) is 36.4 Å². The van der Waals surface area contributed by atoms with Gasteiger partial charge in [-0.1, -0.05) is 17.8 Å². The number of azide groups is 1. The van der Waals surface area contributed by atoms with E-state index in [9.17, 15) is 9.59 Å². The summed E-state index contributed by atoms with van der Waals surface area (Å²) >= 11 is 0. The van der Waals surface area contributed by atoms with Gasteiger partial charge in [0.2, 0.25) is 0 Å². The molecule has 0 rings (SSSR count). The highest BCUT2D eigenvalue weighted by molar-refractivity contribution is 5.79. The highest BCUT2D eigenvalue weighted by Gasteiger charge is 2.19. The van der Waals surface area contributed by atoms with Crippen LogP contribution in [0.5, 0.6) is 0 Å². The summed E-state index contributed by atoms with van der Waals surface area (Å²) in [6.45, 7) is 3.54. The SMILES string of the molecule is C=CCOC(=O)N[C@@H](CCCN=[N+]=[N-])C(=O)O. The molecular formula is C9H14N4O4. The van der Waals surface area contributed by atoms with Gasteiger partial charge in [0, 0.05) is 11.5 Å². The molecule has 0 aromatic rings. The fourth-order valence-electron chi connectivity index (χ4n) is 0.987. The van der Waals surface area contributed by atoms with Crippen molar-refractivity contribution in [2.45, 2.75) is 18.9 Å². The normalized spacial score (nSPS) is 10.8. The van der Waals surface area contributed by atoms with E-state index in [4.69, 9.17) is 10.6 Å². The van der Waals surface area contributed by atoms with Gasteiger partial charge in [-0.25, -0.2) is 9.59 Å². The Morgan fingerprint density at radius 2 is 2.35 bits per heavy atom. The van der Waals surface area contributed by atoms with Crippen LogP contribution >= 0.6 is 0 Å². The molecule has 0 aromatic heterocycles. The number of carbonyl (C=O) groups is 2. The Hall–Kier alpha value is -2.21. The molecule has 0 spiro atoms. The molecule has 0 heterocycles. The van der Waals surface area contributed by atoms with Crippen molar-refractivity contribution in [1.29, 1.82) is 0 Å². The predicted octanol–water partition coefficient (Wildman–Crippen LogP) is 1.44. The average Bonchev–Trinajstić information content (AvgIpc) is 2.30. The fourth-order valence-corrected chi connectivity index (χ4v) is 0.987. The monoisotopic (exact) mass is 242 g/mol. The van der Waals surface area contributed by atoms with E-state index in [1.807, 2.05) is 0 Å². The molecule has 1 amide bonds. The van der Waals surface area contributed by atoms with Crippen molar-refractivity contribution in [1.82, 2.24) is 5.32 Å². The Morgan fingerprint density at radius 3 is 2.88 bits per heavy atom. The Balaban J connectivity index is 4.05. The van der Waals surface area contributed by atoms with Crippen LogP contribution in [0.2, 0.25) is 0 Å². The van der Waals surface area contributed by atoms with E-state index in [0.29, 0.717) is 6.42 Å². The number of hydrogen-bond acceptors (Lipinski definition) is 4. The van der Waals surface area contributed by atoms with Crippen LogP contribution in [0.15, 0.2) is 17.8 Å². The largest absolute Gasteiger partial charge is 0.480 e. The van der Waals surface area contributed by atoms with Crippen molar-refractivity contribution in [3.05, 3.63) is 23.1 Å². The van der Waals surface area contributed by atoms with Crippen molar-refractivity contribution in [3.63, 3.8) is 0 Å². The van der Waals surface area contributed by atoms with Crippen LogP contribution in [0, 0.1) is 0 Å². The standard InChI is InChI=1S/C9H14N4O4/c1-2-6-17-9(16)12-7(8(14)15)4-3-5-11-13-10/h2,7H,1,3-6H2,(H,12,16)(H,14,15)/t7-/m0/s1. The first-order valence-corrected chi connectivity index (χ1v) is 4.89. The van der Waals surface area contributed by atoms with Gasteiger partial charge in [-0.15, -0.1) is 0 Å². The molecular weight excluding hydrogens is 228 g/mol. The molecule has 0 aliphatic carbocycles. The van der Waals surface area contributed by atoms with Crippen LogP contribution in [0.25, 0.3) is 10.4 Å². The maximum absolute atomic E-state index is 11.1. The minimum Gasteiger partial charge on any atom is -0.480 e. The van der Waals surface area contributed by atoms with E-state index < -0.39 is 18.1 Å². The minimum atomic E-state index is -1.17. The summed E-state index contributed by atoms with van der Waals surface area (Å²) in [7, 11) is 0. The number of amides is 1. The molecule has 0 fully saturated rings. The van der Waals surface area contributed by atoms with Crippen LogP contribution in [-0.2, 0) is 9.53 Å². The quantitative estimate of drug-likeness (QED) is 0.219. The lowest BCUT2D eigenvalue weighted by molar-refractivity contribution is -0.139. The van der Waals surface area contributed by atoms with Gasteiger partial charge in [0.1, 0.15) is 12.6 Å². The summed E-state index contributed by atoms with van der Waals surface area (Å²) < 4.78 is 4.59. The highest BCUT2D eigenvalue weighted by Crippen LogP contribution is 1.99. The number of rotatable bonds is 8. The average molecular weight is 242 g/mol. The van der Waals surface area contributed by atoms with Gasteiger partial charge >= 0.3 is 12.1 Å². The molecule has 0 bridgehead atoms. The first-order chi connectivity index (χ1) is 8.11. The van der Waals surface area contributed by atoms with E-state index in [1.54, 1.807) is 0 Å². The Labute approximate surface area is 97.9 Å². The van der Waals surface area contributed by atoms with E-state index >= 15 is 0 Å². The maximum atomic E-state index is 11.1. The van der Waals surface area contributed by atoms with E-state index in [-0.39, 0.29) is 19.6 Å². The predicted molar refractivity (Wildman–Crippen MR) is 59.4 cm³/mol. The second-order valence-corrected chi connectivity index (χ2v) is 3.02. The lowest BCUT2D eigenvalue weighted by Gasteiger charge is -2.13. The molecule has 0 unspecified atom stereocenters. The molecule has 94 valence electrons. The summed E-state index contributed by atoms with van der Waals surface area (Å²) in [6.07, 6.45) is 1.08. The minimum absolute atomic E-state index is 0.0108. The zero-order valence-electron chi connectivity index (χ0n) is 9.20. The van der Waals surface area contributed by atoms with Crippen LogP contribution < -0.4 is 5.32 Å². The van der Waals surface area contributed by atoms with Gasteiger partial charge < -0.3 is 15.2 Å². The molecule has 0 radical (unpaired) electrons. The van der Waals surface area contributed by atoms with Crippen molar-refractivity contribution >= 4 is 12.1 Å². The van der Waals surface area contributed by atoms with E-state index in [1.165, 1.54) is 6.08 Å². The third-order valence-electron chi connectivity index (χ3n) is 1.74. The van der Waals surface area contributed by atoms with Gasteiger partial charge in [0.05, 0.1) is 0 Å². The van der Waals surface area contributed by atoms with Crippen molar-refractivity contribution in [2.24, 2.45) is 5.11 Å². The van der Waals surface area contributed by atoms with Crippen LogP contribution in [0.3, 0.4) is 0 Å². The summed E-state index contributed by atoms with van der Waals surface area (Å²) in [5.41, 5.74) is 8.03. The van der Waals surface area contributed by atoms with Gasteiger partial charge in [-0.2, -0.15) is 0 Å². The lowest BCUT2D eigenvalue weighted by Crippen LogP contribution is -2.41. The summed E-state index contributed by atoms with van der Waals surface area (Å²) in [5.74, 6) is -1.17. The summed E-state index contributed by atoms with van der Waals surface area (Å²) in [6, 6.07) is -1.05. The van der Waals surface area contributed by atoms with Crippen LogP contribution in [0.1, 0.15) is 12.8 Å². The van der Waals surface area contributed by atoms with Crippen molar-refractivity contribution in [2.75, 3.05) is 13.2 Å². The number of ether oxygens (including phenoxy) is 1. The number of nitrogens with zero attached hydrogens (tertiary/aromatic N) is 3. The third kappa shape index (κ3) is 7.69. The molecule has 0 saturated carbocycles. The number of aliphatic carboxylic acids is 1. The molecule has 2 N–H and O–H groups in total. The van der Waals surface area contributed by atoms with Gasteiger partial charge in [-0.3, -0.25) is 0 Å². The molecule has 0 aromatic carbocycles. The van der Waals surface area contributed by atoms with Gasteiger partial charge in [0.25, 0.3) is 0 Å². The zero-order chi connectivity index (χ0) is 13.1. The zero-order valence-corrected chi connectivity index (χ0v) is 9.20. The second kappa shape index (κ2) is 9.05. The fraction of sp³-hybridized carbons (Fsp3) is 0.556. The number of nitrogens with one attached hydrogen (secondary N) is 1. The van der Waals surface area contributed by atoms with Crippen LogP contribution in [0.4, 0.5) is 4.79 Å². The van der Waals surface area contributed by atoms with Gasteiger partial charge in [0.15, 0.2) is 0 Å².